The van der Waals surface area contributed by atoms with E-state index in [1.165, 1.54) is 0 Å². The van der Waals surface area contributed by atoms with Crippen LogP contribution >= 0.6 is 0 Å². The van der Waals surface area contributed by atoms with Crippen molar-refractivity contribution in [2.45, 2.75) is 50.4 Å². The van der Waals surface area contributed by atoms with Gasteiger partial charge >= 0.3 is 0 Å². The minimum Gasteiger partial charge on any atom is -0.370 e. The summed E-state index contributed by atoms with van der Waals surface area (Å²) in [5.74, 6) is -3.34. The van der Waals surface area contributed by atoms with Crippen LogP contribution in [0.5, 0.6) is 0 Å². The summed E-state index contributed by atoms with van der Waals surface area (Å²) in [6.45, 7) is 0. The molecule has 0 aliphatic carbocycles. The van der Waals surface area contributed by atoms with E-state index in [2.05, 4.69) is 0 Å². The maximum Gasteiger partial charge on any atom is 0.224 e. The Hall–Kier alpha value is -2.90. The third-order valence-electron chi connectivity index (χ3n) is 4.27. The summed E-state index contributed by atoms with van der Waals surface area (Å²) >= 11 is 0. The molecule has 4 amide bonds. The molecule has 0 bridgehead atoms. The lowest BCUT2D eigenvalue weighted by atomic mass is 9.82. The highest BCUT2D eigenvalue weighted by molar-refractivity contribution is 5.86. The second-order valence-corrected chi connectivity index (χ2v) is 6.26. The standard InChI is InChI=1S/C18H26N4O4/c19-15(23)9-3-7-13(17(21)25)11-5-1-2-6-12(11)14(18(22)26)8-4-10-16(20)24/h1-2,5-6,13-14H,3-4,7-10H2,(H2,19,23)(H2,20,24)(H2,21,25)(H2,22,26). The van der Waals surface area contributed by atoms with Crippen LogP contribution in [-0.2, 0) is 19.2 Å². The van der Waals surface area contributed by atoms with E-state index >= 15 is 0 Å². The average Bonchev–Trinajstić information content (AvgIpc) is 2.55. The van der Waals surface area contributed by atoms with E-state index in [-0.39, 0.29) is 12.8 Å². The molecule has 0 spiro atoms. The van der Waals surface area contributed by atoms with Crippen molar-refractivity contribution in [3.63, 3.8) is 0 Å². The number of hydrogen-bond acceptors (Lipinski definition) is 4. The SMILES string of the molecule is NC(=O)CCCC(C(N)=O)c1ccccc1C(CCCC(N)=O)C(N)=O. The van der Waals surface area contributed by atoms with Crippen molar-refractivity contribution in [3.05, 3.63) is 35.4 Å². The van der Waals surface area contributed by atoms with Crippen molar-refractivity contribution in [3.8, 4) is 0 Å². The van der Waals surface area contributed by atoms with Gasteiger partial charge in [0.15, 0.2) is 0 Å². The summed E-state index contributed by atoms with van der Waals surface area (Å²) < 4.78 is 0. The predicted molar refractivity (Wildman–Crippen MR) is 96.4 cm³/mol. The minimum atomic E-state index is -0.663. The van der Waals surface area contributed by atoms with E-state index in [9.17, 15) is 19.2 Å². The molecule has 8 heteroatoms. The van der Waals surface area contributed by atoms with Crippen molar-refractivity contribution >= 4 is 23.6 Å². The van der Waals surface area contributed by atoms with Gasteiger partial charge in [-0.15, -0.1) is 0 Å². The van der Waals surface area contributed by atoms with Gasteiger partial charge in [0.1, 0.15) is 0 Å². The number of primary amides is 4. The number of benzene rings is 1. The molecule has 0 fully saturated rings. The smallest absolute Gasteiger partial charge is 0.224 e. The predicted octanol–water partition coefficient (Wildman–Crippen LogP) is 0.136. The highest BCUT2D eigenvalue weighted by atomic mass is 16.2. The van der Waals surface area contributed by atoms with Gasteiger partial charge in [0.05, 0.1) is 11.8 Å². The summed E-state index contributed by atoms with van der Waals surface area (Å²) in [7, 11) is 0. The Balaban J connectivity index is 3.10. The van der Waals surface area contributed by atoms with E-state index in [1.54, 1.807) is 24.3 Å². The molecule has 0 saturated carbocycles. The summed E-state index contributed by atoms with van der Waals surface area (Å²) in [5.41, 5.74) is 22.6. The Labute approximate surface area is 152 Å². The Morgan fingerprint density at radius 1 is 0.692 bits per heavy atom. The van der Waals surface area contributed by atoms with Crippen molar-refractivity contribution < 1.29 is 19.2 Å². The molecule has 1 rings (SSSR count). The van der Waals surface area contributed by atoms with Gasteiger partial charge in [-0.3, -0.25) is 19.2 Å². The quantitative estimate of drug-likeness (QED) is 0.414. The van der Waals surface area contributed by atoms with Crippen molar-refractivity contribution in [1.29, 1.82) is 0 Å². The largest absolute Gasteiger partial charge is 0.370 e. The first-order chi connectivity index (χ1) is 12.2. The van der Waals surface area contributed by atoms with Gasteiger partial charge in [0.2, 0.25) is 23.6 Å². The molecular formula is C18H26N4O4. The zero-order valence-corrected chi connectivity index (χ0v) is 14.6. The molecule has 8 nitrogen and oxygen atoms in total. The third-order valence-corrected chi connectivity index (χ3v) is 4.27. The van der Waals surface area contributed by atoms with Crippen molar-refractivity contribution in [2.24, 2.45) is 22.9 Å². The van der Waals surface area contributed by atoms with Gasteiger partial charge in [-0.2, -0.15) is 0 Å². The van der Waals surface area contributed by atoms with Crippen LogP contribution in [0, 0.1) is 0 Å². The van der Waals surface area contributed by atoms with Gasteiger partial charge in [0, 0.05) is 12.8 Å². The second kappa shape index (κ2) is 10.2. The van der Waals surface area contributed by atoms with E-state index in [0.29, 0.717) is 36.8 Å². The number of hydrogen-bond donors (Lipinski definition) is 4. The zero-order valence-electron chi connectivity index (χ0n) is 14.6. The monoisotopic (exact) mass is 362 g/mol. The first-order valence-electron chi connectivity index (χ1n) is 8.48. The lowest BCUT2D eigenvalue weighted by molar-refractivity contribution is -0.121. The van der Waals surface area contributed by atoms with E-state index < -0.39 is 35.5 Å². The first-order valence-corrected chi connectivity index (χ1v) is 8.48. The summed E-state index contributed by atoms with van der Waals surface area (Å²) in [6, 6.07) is 6.92. The average molecular weight is 362 g/mol. The summed E-state index contributed by atoms with van der Waals surface area (Å²) in [6.07, 6.45) is 1.76. The highest BCUT2D eigenvalue weighted by Crippen LogP contribution is 2.32. The molecule has 0 aliphatic rings. The summed E-state index contributed by atoms with van der Waals surface area (Å²) in [4.78, 5) is 45.8. The molecule has 2 atom stereocenters. The lowest BCUT2D eigenvalue weighted by Crippen LogP contribution is -2.27. The Kier molecular flexibility index (Phi) is 8.27. The zero-order chi connectivity index (χ0) is 19.7. The van der Waals surface area contributed by atoms with Gasteiger partial charge in [0.25, 0.3) is 0 Å². The molecule has 8 N–H and O–H groups in total. The van der Waals surface area contributed by atoms with E-state index in [4.69, 9.17) is 22.9 Å². The second-order valence-electron chi connectivity index (χ2n) is 6.26. The van der Waals surface area contributed by atoms with E-state index in [1.807, 2.05) is 0 Å². The maximum absolute atomic E-state index is 12.0. The molecule has 1 aromatic carbocycles. The van der Waals surface area contributed by atoms with Crippen LogP contribution in [0.3, 0.4) is 0 Å². The Morgan fingerprint density at radius 2 is 1.04 bits per heavy atom. The fourth-order valence-electron chi connectivity index (χ4n) is 3.01. The molecule has 0 radical (unpaired) electrons. The molecule has 0 saturated heterocycles. The van der Waals surface area contributed by atoms with E-state index in [0.717, 1.165) is 0 Å². The van der Waals surface area contributed by atoms with Crippen LogP contribution in [0.4, 0.5) is 0 Å². The summed E-state index contributed by atoms with van der Waals surface area (Å²) in [5, 5.41) is 0. The molecule has 142 valence electrons. The molecule has 1 aromatic rings. The molecule has 2 unspecified atom stereocenters. The van der Waals surface area contributed by atoms with Crippen LogP contribution in [0.1, 0.15) is 61.5 Å². The van der Waals surface area contributed by atoms with Crippen LogP contribution in [0.15, 0.2) is 24.3 Å². The van der Waals surface area contributed by atoms with Gasteiger partial charge in [-0.05, 0) is 36.8 Å². The number of carbonyl (C=O) groups is 4. The first kappa shape index (κ1) is 21.1. The Bertz CT molecular complexity index is 618. The van der Waals surface area contributed by atoms with Crippen LogP contribution in [0.2, 0.25) is 0 Å². The molecule has 0 aliphatic heterocycles. The molecule has 0 aromatic heterocycles. The number of nitrogens with two attached hydrogens (primary N) is 4. The Morgan fingerprint density at radius 3 is 1.31 bits per heavy atom. The number of amides is 4. The topological polar surface area (TPSA) is 172 Å². The lowest BCUT2D eigenvalue weighted by Gasteiger charge is -2.22. The van der Waals surface area contributed by atoms with Crippen LogP contribution in [0.25, 0.3) is 0 Å². The molecule has 0 heterocycles. The van der Waals surface area contributed by atoms with Crippen molar-refractivity contribution in [2.75, 3.05) is 0 Å². The molecular weight excluding hydrogens is 336 g/mol. The third kappa shape index (κ3) is 6.54. The van der Waals surface area contributed by atoms with Crippen LogP contribution in [-0.4, -0.2) is 23.6 Å². The normalized spacial score (nSPS) is 12.9. The van der Waals surface area contributed by atoms with Gasteiger partial charge in [-0.25, -0.2) is 0 Å². The fraction of sp³-hybridized carbons (Fsp3) is 0.444. The minimum absolute atomic E-state index is 0.143. The fourth-order valence-corrected chi connectivity index (χ4v) is 3.01. The molecule has 26 heavy (non-hydrogen) atoms. The number of carbonyl (C=O) groups excluding carboxylic acids is 4. The van der Waals surface area contributed by atoms with Gasteiger partial charge < -0.3 is 22.9 Å². The highest BCUT2D eigenvalue weighted by Gasteiger charge is 2.26. The van der Waals surface area contributed by atoms with Crippen LogP contribution < -0.4 is 22.9 Å². The maximum atomic E-state index is 12.0. The van der Waals surface area contributed by atoms with Gasteiger partial charge in [-0.1, -0.05) is 24.3 Å². The van der Waals surface area contributed by atoms with Crippen molar-refractivity contribution in [1.82, 2.24) is 0 Å². The number of rotatable bonds is 12.